The van der Waals surface area contributed by atoms with E-state index in [4.69, 9.17) is 14.2 Å². The lowest BCUT2D eigenvalue weighted by Gasteiger charge is -2.39. The molecule has 5 atom stereocenters. The smallest absolute Gasteiger partial charge is 0.311 e. The van der Waals surface area contributed by atoms with Gasteiger partial charge in [-0.25, -0.2) is 0 Å². The third-order valence-corrected chi connectivity index (χ3v) is 5.08. The number of rotatable bonds is 8. The van der Waals surface area contributed by atoms with Crippen LogP contribution in [0.15, 0.2) is 30.3 Å². The fraction of sp³-hybridized carbons (Fsp3) is 0.667. The van der Waals surface area contributed by atoms with E-state index in [2.05, 4.69) is 26.0 Å². The van der Waals surface area contributed by atoms with Crippen LogP contribution in [0.3, 0.4) is 0 Å². The Kier molecular flexibility index (Phi) is 7.91. The summed E-state index contributed by atoms with van der Waals surface area (Å²) in [4.78, 5) is 12.1. The van der Waals surface area contributed by atoms with E-state index in [9.17, 15) is 4.79 Å². The van der Waals surface area contributed by atoms with Gasteiger partial charge in [-0.3, -0.25) is 4.79 Å². The summed E-state index contributed by atoms with van der Waals surface area (Å²) in [5.41, 5.74) is 1.18. The average Bonchev–Trinajstić information content (AvgIpc) is 2.62. The summed E-state index contributed by atoms with van der Waals surface area (Å²) in [5.74, 6) is 0.282. The first-order valence-corrected chi connectivity index (χ1v) is 9.46. The molecule has 0 radical (unpaired) electrons. The highest BCUT2D eigenvalue weighted by Gasteiger charge is 2.37. The lowest BCUT2D eigenvalue weighted by Crippen LogP contribution is -2.44. The molecule has 2 rings (SSSR count). The van der Waals surface area contributed by atoms with Crippen molar-refractivity contribution in [2.24, 2.45) is 17.8 Å². The lowest BCUT2D eigenvalue weighted by molar-refractivity contribution is -0.167. The molecule has 1 saturated heterocycles. The Morgan fingerprint density at radius 1 is 1.24 bits per heavy atom. The number of hydrogen-bond acceptors (Lipinski definition) is 4. The van der Waals surface area contributed by atoms with E-state index in [0.717, 1.165) is 12.8 Å². The fourth-order valence-electron chi connectivity index (χ4n) is 3.48. The van der Waals surface area contributed by atoms with Crippen molar-refractivity contribution in [3.05, 3.63) is 35.9 Å². The summed E-state index contributed by atoms with van der Waals surface area (Å²) in [7, 11) is 0. The van der Waals surface area contributed by atoms with Crippen LogP contribution in [0, 0.1) is 17.8 Å². The summed E-state index contributed by atoms with van der Waals surface area (Å²) in [6.45, 7) is 9.77. The van der Waals surface area contributed by atoms with Crippen molar-refractivity contribution in [2.75, 3.05) is 13.2 Å². The van der Waals surface area contributed by atoms with Gasteiger partial charge in [-0.1, -0.05) is 44.2 Å². The van der Waals surface area contributed by atoms with Gasteiger partial charge >= 0.3 is 5.97 Å². The largest absolute Gasteiger partial charge is 0.466 e. The van der Waals surface area contributed by atoms with Gasteiger partial charge in [-0.15, -0.1) is 0 Å². The fourth-order valence-corrected chi connectivity index (χ4v) is 3.48. The predicted octanol–water partition coefficient (Wildman–Crippen LogP) is 4.22. The van der Waals surface area contributed by atoms with E-state index >= 15 is 0 Å². The second kappa shape index (κ2) is 9.93. The van der Waals surface area contributed by atoms with Gasteiger partial charge in [0, 0.05) is 5.92 Å². The standard InChI is InChI=1S/C21H32O4/c1-5-24-21(22)17(4)20-15(2)11-12-19(25-20)16(3)13-23-14-18-9-7-6-8-10-18/h6-10,15-17,19-20H,5,11-14H2,1-4H3/t15-,16+,17-,19+,20-/m0/s1. The number of hydrogen-bond donors (Lipinski definition) is 0. The van der Waals surface area contributed by atoms with Gasteiger partial charge in [0.15, 0.2) is 0 Å². The highest BCUT2D eigenvalue weighted by atomic mass is 16.5. The van der Waals surface area contributed by atoms with Gasteiger partial charge in [0.25, 0.3) is 0 Å². The van der Waals surface area contributed by atoms with E-state index in [-0.39, 0.29) is 24.1 Å². The van der Waals surface area contributed by atoms with Crippen LogP contribution in [0.4, 0.5) is 0 Å². The maximum atomic E-state index is 12.1. The minimum absolute atomic E-state index is 0.0747. The molecule has 0 saturated carbocycles. The summed E-state index contributed by atoms with van der Waals surface area (Å²) in [5, 5.41) is 0. The second-order valence-corrected chi connectivity index (χ2v) is 7.21. The number of carbonyl (C=O) groups excluding carboxylic acids is 1. The van der Waals surface area contributed by atoms with Crippen molar-refractivity contribution in [1.29, 1.82) is 0 Å². The van der Waals surface area contributed by atoms with Crippen LogP contribution < -0.4 is 0 Å². The van der Waals surface area contributed by atoms with Gasteiger partial charge in [0.1, 0.15) is 0 Å². The van der Waals surface area contributed by atoms with Crippen LogP contribution in [0.1, 0.15) is 46.1 Å². The molecule has 4 nitrogen and oxygen atoms in total. The van der Waals surface area contributed by atoms with Crippen LogP contribution in [0.2, 0.25) is 0 Å². The zero-order chi connectivity index (χ0) is 18.2. The Morgan fingerprint density at radius 2 is 1.96 bits per heavy atom. The highest BCUT2D eigenvalue weighted by molar-refractivity contribution is 5.72. The molecule has 25 heavy (non-hydrogen) atoms. The van der Waals surface area contributed by atoms with Crippen molar-refractivity contribution in [3.8, 4) is 0 Å². The Morgan fingerprint density at radius 3 is 2.64 bits per heavy atom. The van der Waals surface area contributed by atoms with Crippen molar-refractivity contribution < 1.29 is 19.0 Å². The molecule has 0 unspecified atom stereocenters. The second-order valence-electron chi connectivity index (χ2n) is 7.21. The molecule has 1 heterocycles. The zero-order valence-electron chi connectivity index (χ0n) is 15.9. The first-order valence-electron chi connectivity index (χ1n) is 9.46. The van der Waals surface area contributed by atoms with Crippen molar-refractivity contribution >= 4 is 5.97 Å². The van der Waals surface area contributed by atoms with E-state index in [1.165, 1.54) is 5.56 Å². The van der Waals surface area contributed by atoms with E-state index in [0.29, 0.717) is 31.7 Å². The Bertz CT molecular complexity index is 516. The minimum atomic E-state index is -0.227. The van der Waals surface area contributed by atoms with Crippen LogP contribution in [0.5, 0.6) is 0 Å². The van der Waals surface area contributed by atoms with E-state index < -0.39 is 0 Å². The molecule has 0 aliphatic carbocycles. The Labute approximate surface area is 151 Å². The van der Waals surface area contributed by atoms with E-state index in [1.807, 2.05) is 32.0 Å². The molecule has 1 aromatic rings. The molecule has 140 valence electrons. The average molecular weight is 348 g/mol. The maximum absolute atomic E-state index is 12.1. The number of carbonyl (C=O) groups is 1. The maximum Gasteiger partial charge on any atom is 0.311 e. The lowest BCUT2D eigenvalue weighted by atomic mass is 9.84. The SMILES string of the molecule is CCOC(=O)[C@@H](C)[C@H]1O[C@@H]([C@H](C)COCc2ccccc2)CC[C@@H]1C. The van der Waals surface area contributed by atoms with Crippen LogP contribution >= 0.6 is 0 Å². The Balaban J connectivity index is 1.83. The highest BCUT2D eigenvalue weighted by Crippen LogP contribution is 2.33. The Hall–Kier alpha value is -1.39. The van der Waals surface area contributed by atoms with E-state index in [1.54, 1.807) is 0 Å². The first-order chi connectivity index (χ1) is 12.0. The van der Waals surface area contributed by atoms with Gasteiger partial charge in [0.2, 0.25) is 0 Å². The number of ether oxygens (including phenoxy) is 3. The van der Waals surface area contributed by atoms with Crippen molar-refractivity contribution in [3.63, 3.8) is 0 Å². The number of esters is 1. The van der Waals surface area contributed by atoms with Gasteiger partial charge in [-0.2, -0.15) is 0 Å². The van der Waals surface area contributed by atoms with Gasteiger partial charge in [0.05, 0.1) is 37.9 Å². The van der Waals surface area contributed by atoms with Crippen LogP contribution in [0.25, 0.3) is 0 Å². The molecular formula is C21H32O4. The molecule has 1 aliphatic heterocycles. The molecule has 4 heteroatoms. The zero-order valence-corrected chi connectivity index (χ0v) is 15.9. The van der Waals surface area contributed by atoms with Crippen LogP contribution in [-0.4, -0.2) is 31.4 Å². The summed E-state index contributed by atoms with van der Waals surface area (Å²) in [6.07, 6.45) is 2.15. The third-order valence-electron chi connectivity index (χ3n) is 5.08. The summed E-state index contributed by atoms with van der Waals surface area (Å²) in [6, 6.07) is 10.2. The molecule has 1 fully saturated rings. The van der Waals surface area contributed by atoms with Gasteiger partial charge < -0.3 is 14.2 Å². The topological polar surface area (TPSA) is 44.8 Å². The molecular weight excluding hydrogens is 316 g/mol. The third kappa shape index (κ3) is 5.82. The molecule has 0 N–H and O–H groups in total. The molecule has 0 aromatic heterocycles. The van der Waals surface area contributed by atoms with Gasteiger partial charge in [-0.05, 0) is 38.2 Å². The first kappa shape index (κ1) is 19.9. The monoisotopic (exact) mass is 348 g/mol. The summed E-state index contributed by atoms with van der Waals surface area (Å²) >= 11 is 0. The molecule has 0 bridgehead atoms. The normalized spacial score (nSPS) is 26.0. The van der Waals surface area contributed by atoms with Crippen molar-refractivity contribution in [2.45, 2.75) is 59.4 Å². The molecule has 0 amide bonds. The minimum Gasteiger partial charge on any atom is -0.466 e. The quantitative estimate of drug-likeness (QED) is 0.660. The predicted molar refractivity (Wildman–Crippen MR) is 98.1 cm³/mol. The molecule has 1 aliphatic rings. The number of benzene rings is 1. The van der Waals surface area contributed by atoms with Crippen LogP contribution in [-0.2, 0) is 25.6 Å². The summed E-state index contributed by atoms with van der Waals surface area (Å²) < 4.78 is 17.4. The molecule has 0 spiro atoms. The molecule has 1 aromatic carbocycles. The van der Waals surface area contributed by atoms with Crippen molar-refractivity contribution in [1.82, 2.24) is 0 Å².